The Kier molecular flexibility index (Phi) is 6.84. The highest BCUT2D eigenvalue weighted by Gasteiger charge is 2.41. The highest BCUT2D eigenvalue weighted by atomic mass is 19.4. The van der Waals surface area contributed by atoms with Gasteiger partial charge in [-0.25, -0.2) is 9.97 Å². The highest BCUT2D eigenvalue weighted by molar-refractivity contribution is 5.94. The number of nitrogens with zero attached hydrogens (tertiary/aromatic N) is 3. The molecule has 0 fully saturated rings. The first kappa shape index (κ1) is 24.7. The number of benzene rings is 1. The molecule has 2 atom stereocenters. The van der Waals surface area contributed by atoms with E-state index in [0.717, 1.165) is 16.5 Å². The number of alkyl halides is 3. The molecule has 35 heavy (non-hydrogen) atoms. The molecule has 5 N–H and O–H groups in total. The number of rotatable bonds is 8. The van der Waals surface area contributed by atoms with E-state index in [1.54, 1.807) is 19.3 Å². The minimum absolute atomic E-state index is 0.0432. The Morgan fingerprint density at radius 1 is 1.23 bits per heavy atom. The van der Waals surface area contributed by atoms with E-state index in [9.17, 15) is 13.2 Å². The van der Waals surface area contributed by atoms with Gasteiger partial charge in [0.1, 0.15) is 0 Å². The zero-order valence-electron chi connectivity index (χ0n) is 19.6. The van der Waals surface area contributed by atoms with E-state index in [1.807, 2.05) is 49.5 Å². The lowest BCUT2D eigenvalue weighted by Gasteiger charge is -2.39. The number of halogens is 3. The molecule has 11 heteroatoms. The number of para-hydroxylation sites is 1. The van der Waals surface area contributed by atoms with E-state index in [2.05, 4.69) is 30.3 Å². The number of nitrogens with two attached hydrogens (primary N) is 1. The summed E-state index contributed by atoms with van der Waals surface area (Å²) in [4.78, 5) is 13.8. The molecule has 0 amide bonds. The number of ether oxygens (including phenoxy) is 1. The Balaban J connectivity index is 1.66. The molecule has 2 heterocycles. The lowest BCUT2D eigenvalue weighted by Crippen LogP contribution is -2.58. The summed E-state index contributed by atoms with van der Waals surface area (Å²) in [5, 5.41) is 6.93. The minimum atomic E-state index is -4.89. The standard InChI is InChI=1S/C24H28F3N7O/c1-29-23(9-11-34(2)3)13-20(35-24(25,26)27)19(12-21(23)28)33-22-30-10-8-18(32-22)16-14-31-17-7-5-4-6-15(16)17/h4-8,10,12-14,21,29,31H,9,11,28H2,1-3H3,(H,30,32,33). The van der Waals surface area contributed by atoms with Crippen LogP contribution in [0.3, 0.4) is 0 Å². The van der Waals surface area contributed by atoms with Crippen molar-refractivity contribution < 1.29 is 17.9 Å². The number of nitrogens with one attached hydrogen (secondary N) is 3. The van der Waals surface area contributed by atoms with Gasteiger partial charge < -0.3 is 31.0 Å². The molecule has 1 aliphatic carbocycles. The van der Waals surface area contributed by atoms with Crippen LogP contribution in [0.2, 0.25) is 0 Å². The number of hydrogen-bond donors (Lipinski definition) is 4. The van der Waals surface area contributed by atoms with Crippen molar-refractivity contribution in [3.05, 3.63) is 66.3 Å². The summed E-state index contributed by atoms with van der Waals surface area (Å²) in [6.45, 7) is 0.608. The third-order valence-electron chi connectivity index (χ3n) is 6.03. The summed E-state index contributed by atoms with van der Waals surface area (Å²) in [6.07, 6.45) is 1.85. The van der Waals surface area contributed by atoms with Crippen LogP contribution in [0.1, 0.15) is 6.42 Å². The van der Waals surface area contributed by atoms with Gasteiger partial charge in [-0.1, -0.05) is 18.2 Å². The number of fused-ring (bicyclic) bond motifs is 1. The van der Waals surface area contributed by atoms with Gasteiger partial charge in [0, 0.05) is 34.9 Å². The maximum atomic E-state index is 13.3. The van der Waals surface area contributed by atoms with Crippen LogP contribution in [0.5, 0.6) is 0 Å². The third kappa shape index (κ3) is 5.47. The fourth-order valence-corrected chi connectivity index (χ4v) is 4.11. The molecular weight excluding hydrogens is 459 g/mol. The number of hydrogen-bond acceptors (Lipinski definition) is 7. The van der Waals surface area contributed by atoms with Crippen molar-refractivity contribution in [3.8, 4) is 11.3 Å². The van der Waals surface area contributed by atoms with Gasteiger partial charge in [0.05, 0.1) is 16.9 Å². The van der Waals surface area contributed by atoms with E-state index in [-0.39, 0.29) is 11.6 Å². The Labute approximate surface area is 201 Å². The number of aromatic nitrogens is 3. The van der Waals surface area contributed by atoms with E-state index in [0.29, 0.717) is 18.7 Å². The molecule has 0 spiro atoms. The molecule has 4 rings (SSSR count). The van der Waals surface area contributed by atoms with E-state index < -0.39 is 23.7 Å². The highest BCUT2D eigenvalue weighted by Crippen LogP contribution is 2.34. The van der Waals surface area contributed by atoms with Gasteiger partial charge in [0.15, 0.2) is 5.76 Å². The molecule has 0 bridgehead atoms. The second kappa shape index (κ2) is 9.68. The molecule has 2 aromatic heterocycles. The molecular formula is C24H28F3N7O. The summed E-state index contributed by atoms with van der Waals surface area (Å²) in [5.74, 6) is -0.276. The quantitative estimate of drug-likeness (QED) is 0.385. The van der Waals surface area contributed by atoms with Crippen LogP contribution < -0.4 is 16.4 Å². The van der Waals surface area contributed by atoms with E-state index in [4.69, 9.17) is 5.73 Å². The van der Waals surface area contributed by atoms with Crippen molar-refractivity contribution in [2.24, 2.45) is 5.73 Å². The van der Waals surface area contributed by atoms with Crippen molar-refractivity contribution >= 4 is 16.9 Å². The van der Waals surface area contributed by atoms with Crippen molar-refractivity contribution in [3.63, 3.8) is 0 Å². The second-order valence-corrected chi connectivity index (χ2v) is 8.64. The Bertz CT molecular complexity index is 1250. The topological polar surface area (TPSA) is 104 Å². The van der Waals surface area contributed by atoms with Gasteiger partial charge in [-0.2, -0.15) is 0 Å². The van der Waals surface area contributed by atoms with Gasteiger partial charge in [0.2, 0.25) is 5.95 Å². The van der Waals surface area contributed by atoms with Crippen LogP contribution in [0.25, 0.3) is 22.2 Å². The third-order valence-corrected chi connectivity index (χ3v) is 6.03. The number of H-pyrrole nitrogens is 1. The summed E-state index contributed by atoms with van der Waals surface area (Å²) in [7, 11) is 5.43. The Morgan fingerprint density at radius 2 is 2.00 bits per heavy atom. The molecule has 0 aliphatic heterocycles. The van der Waals surface area contributed by atoms with Crippen molar-refractivity contribution in [2.45, 2.75) is 24.4 Å². The average Bonchev–Trinajstić information content (AvgIpc) is 3.24. The van der Waals surface area contributed by atoms with E-state index >= 15 is 0 Å². The normalized spacial score (nSPS) is 20.6. The lowest BCUT2D eigenvalue weighted by molar-refractivity contribution is -0.304. The van der Waals surface area contributed by atoms with Crippen LogP contribution in [0.15, 0.2) is 66.3 Å². The predicted octanol–water partition coefficient (Wildman–Crippen LogP) is 3.59. The fraction of sp³-hybridized carbons (Fsp3) is 0.333. The summed E-state index contributed by atoms with van der Waals surface area (Å²) < 4.78 is 44.3. The van der Waals surface area contributed by atoms with Gasteiger partial charge >= 0.3 is 6.36 Å². The SMILES string of the molecule is CNC1(CCN(C)C)C=C(OC(F)(F)F)C(Nc2nccc(-c3c[nH]c4ccccc34)n2)=CC1N. The fourth-order valence-electron chi connectivity index (χ4n) is 4.11. The molecule has 2 unspecified atom stereocenters. The van der Waals surface area contributed by atoms with Gasteiger partial charge in [-0.15, -0.1) is 13.2 Å². The summed E-state index contributed by atoms with van der Waals surface area (Å²) in [5.41, 5.74) is 7.94. The first-order valence-electron chi connectivity index (χ1n) is 11.1. The molecule has 8 nitrogen and oxygen atoms in total. The maximum absolute atomic E-state index is 13.3. The van der Waals surface area contributed by atoms with Gasteiger partial charge in [0.25, 0.3) is 0 Å². The monoisotopic (exact) mass is 487 g/mol. The molecule has 0 saturated heterocycles. The number of aromatic amines is 1. The minimum Gasteiger partial charge on any atom is -0.404 e. The molecule has 1 aliphatic rings. The molecule has 0 saturated carbocycles. The molecule has 1 aromatic carbocycles. The number of likely N-dealkylation sites (N-methyl/N-ethyl adjacent to an activating group) is 1. The van der Waals surface area contributed by atoms with Gasteiger partial charge in [-0.05, 0) is 58.4 Å². The Morgan fingerprint density at radius 3 is 2.71 bits per heavy atom. The first-order valence-corrected chi connectivity index (χ1v) is 11.1. The maximum Gasteiger partial charge on any atom is 0.573 e. The van der Waals surface area contributed by atoms with Crippen molar-refractivity contribution in [1.82, 2.24) is 25.2 Å². The van der Waals surface area contributed by atoms with Crippen LogP contribution in [-0.2, 0) is 4.74 Å². The van der Waals surface area contributed by atoms with E-state index in [1.165, 1.54) is 12.2 Å². The summed E-state index contributed by atoms with van der Waals surface area (Å²) in [6, 6.07) is 8.85. The van der Waals surface area contributed by atoms with Crippen LogP contribution >= 0.6 is 0 Å². The summed E-state index contributed by atoms with van der Waals surface area (Å²) >= 11 is 0. The lowest BCUT2D eigenvalue weighted by atomic mass is 9.82. The van der Waals surface area contributed by atoms with Crippen LogP contribution in [0.4, 0.5) is 19.1 Å². The second-order valence-electron chi connectivity index (χ2n) is 8.64. The predicted molar refractivity (Wildman–Crippen MR) is 129 cm³/mol. The average molecular weight is 488 g/mol. The Hall–Kier alpha value is -3.41. The van der Waals surface area contributed by atoms with Crippen molar-refractivity contribution in [2.75, 3.05) is 33.0 Å². The first-order chi connectivity index (χ1) is 16.6. The molecule has 3 aromatic rings. The number of anilines is 1. The van der Waals surface area contributed by atoms with Crippen molar-refractivity contribution in [1.29, 1.82) is 0 Å². The van der Waals surface area contributed by atoms with Crippen LogP contribution in [-0.4, -0.2) is 65.5 Å². The zero-order chi connectivity index (χ0) is 25.2. The van der Waals surface area contributed by atoms with Crippen LogP contribution in [0, 0.1) is 0 Å². The molecule has 0 radical (unpaired) electrons. The van der Waals surface area contributed by atoms with Gasteiger partial charge in [-0.3, -0.25) is 0 Å². The largest absolute Gasteiger partial charge is 0.573 e. The zero-order valence-corrected chi connectivity index (χ0v) is 19.6. The smallest absolute Gasteiger partial charge is 0.404 e. The molecule has 186 valence electrons.